The first-order valence-electron chi connectivity index (χ1n) is 6.90. The van der Waals surface area contributed by atoms with Crippen LogP contribution >= 0.6 is 0 Å². The van der Waals surface area contributed by atoms with E-state index in [1.807, 2.05) is 6.20 Å². The van der Waals surface area contributed by atoms with E-state index < -0.39 is 0 Å². The molecule has 2 heterocycles. The van der Waals surface area contributed by atoms with Gasteiger partial charge < -0.3 is 16.0 Å². The predicted octanol–water partition coefficient (Wildman–Crippen LogP) is 1.59. The number of amides is 1. The molecule has 1 fully saturated rings. The smallest absolute Gasteiger partial charge is 0.226 e. The highest BCUT2D eigenvalue weighted by Crippen LogP contribution is 2.45. The lowest BCUT2D eigenvalue weighted by molar-refractivity contribution is -0.120. The third kappa shape index (κ3) is 1.40. The summed E-state index contributed by atoms with van der Waals surface area (Å²) in [5.74, 6) is -0.0352. The topological polar surface area (TPSA) is 70.9 Å². The molecule has 1 unspecified atom stereocenters. The van der Waals surface area contributed by atoms with E-state index >= 15 is 0 Å². The summed E-state index contributed by atoms with van der Waals surface area (Å²) >= 11 is 0. The van der Waals surface area contributed by atoms with Gasteiger partial charge in [-0.05, 0) is 36.6 Å². The molecular formula is C15H17N3O. The molecule has 4 rings (SSSR count). The number of carbonyl (C=O) groups is 1. The average Bonchev–Trinajstić information content (AvgIpc) is 2.84. The monoisotopic (exact) mass is 255 g/mol. The minimum Gasteiger partial charge on any atom is -0.369 e. The number of benzene rings is 1. The van der Waals surface area contributed by atoms with Gasteiger partial charge in [0.2, 0.25) is 5.91 Å². The maximum absolute atomic E-state index is 11.9. The number of fused-ring (bicyclic) bond motifs is 2. The summed E-state index contributed by atoms with van der Waals surface area (Å²) in [7, 11) is 0. The zero-order valence-electron chi connectivity index (χ0n) is 10.6. The maximum atomic E-state index is 11.9. The fraction of sp³-hybridized carbons (Fsp3) is 0.400. The molecule has 1 saturated heterocycles. The van der Waals surface area contributed by atoms with Crippen LogP contribution in [0.3, 0.4) is 0 Å². The molecule has 0 bridgehead atoms. The van der Waals surface area contributed by atoms with Crippen LogP contribution in [-0.4, -0.2) is 23.5 Å². The average molecular weight is 255 g/mol. The molecule has 1 aliphatic carbocycles. The molecule has 4 nitrogen and oxygen atoms in total. The number of hydrogen-bond donors (Lipinski definition) is 3. The second-order valence-electron chi connectivity index (χ2n) is 5.62. The van der Waals surface area contributed by atoms with Gasteiger partial charge in [-0.3, -0.25) is 4.79 Å². The van der Waals surface area contributed by atoms with E-state index in [0.29, 0.717) is 5.92 Å². The molecule has 1 aromatic heterocycles. The van der Waals surface area contributed by atoms with Gasteiger partial charge in [-0.2, -0.15) is 0 Å². The molecule has 2 aromatic rings. The summed E-state index contributed by atoms with van der Waals surface area (Å²) in [5, 5.41) is 4.73. The molecule has 1 amide bonds. The van der Waals surface area contributed by atoms with Crippen LogP contribution in [0.2, 0.25) is 0 Å². The number of hydrogen-bond acceptors (Lipinski definition) is 2. The van der Waals surface area contributed by atoms with Crippen LogP contribution in [0, 0.1) is 0 Å². The number of primary amides is 1. The molecule has 98 valence electrons. The van der Waals surface area contributed by atoms with Crippen molar-refractivity contribution in [2.24, 2.45) is 5.73 Å². The first kappa shape index (κ1) is 11.1. The van der Waals surface area contributed by atoms with E-state index in [4.69, 9.17) is 5.73 Å². The Balaban J connectivity index is 2.01. The summed E-state index contributed by atoms with van der Waals surface area (Å²) in [6.07, 6.45) is 4.24. The standard InChI is InChI=1S/C15H17N3O/c16-15(19)13-10-7-18-11-5-1-3-8(12(10)11)9-4-2-6-17-14(9)13/h1,3,5,7,9,13-14,17-18H,2,4,6H2,(H2,16,19)/t9-,13?,14+/m1/s1. The van der Waals surface area contributed by atoms with Gasteiger partial charge in [0.05, 0.1) is 5.92 Å². The Morgan fingerprint density at radius 1 is 1.32 bits per heavy atom. The number of aromatic amines is 1. The number of nitrogens with two attached hydrogens (primary N) is 1. The Morgan fingerprint density at radius 3 is 3.05 bits per heavy atom. The van der Waals surface area contributed by atoms with E-state index in [0.717, 1.165) is 30.5 Å². The number of piperidine rings is 1. The number of nitrogens with one attached hydrogen (secondary N) is 2. The van der Waals surface area contributed by atoms with Crippen LogP contribution in [0.4, 0.5) is 0 Å². The largest absolute Gasteiger partial charge is 0.369 e. The SMILES string of the molecule is NC(=O)C1c2c[nH]c3cccc(c23)[C@H]2CCCN[C@H]12. The number of H-pyrrole nitrogens is 1. The van der Waals surface area contributed by atoms with Crippen LogP contribution < -0.4 is 11.1 Å². The fourth-order valence-electron chi connectivity index (χ4n) is 3.93. The lowest BCUT2D eigenvalue weighted by Gasteiger charge is -2.40. The van der Waals surface area contributed by atoms with Crippen LogP contribution in [0.1, 0.15) is 35.8 Å². The van der Waals surface area contributed by atoms with Crippen LogP contribution in [0.25, 0.3) is 10.9 Å². The van der Waals surface area contributed by atoms with Crippen molar-refractivity contribution in [1.82, 2.24) is 10.3 Å². The third-order valence-electron chi connectivity index (χ3n) is 4.67. The third-order valence-corrected chi connectivity index (χ3v) is 4.67. The molecule has 4 heteroatoms. The van der Waals surface area contributed by atoms with Crippen LogP contribution in [-0.2, 0) is 4.79 Å². The minimum atomic E-state index is -0.222. The van der Waals surface area contributed by atoms with Gasteiger partial charge in [0.25, 0.3) is 0 Å². The highest BCUT2D eigenvalue weighted by Gasteiger charge is 2.42. The van der Waals surface area contributed by atoms with E-state index in [2.05, 4.69) is 28.5 Å². The second kappa shape index (κ2) is 3.84. The van der Waals surface area contributed by atoms with Crippen molar-refractivity contribution in [3.05, 3.63) is 35.5 Å². The van der Waals surface area contributed by atoms with Gasteiger partial charge in [0.15, 0.2) is 0 Å². The summed E-state index contributed by atoms with van der Waals surface area (Å²) in [5.41, 5.74) is 9.21. The summed E-state index contributed by atoms with van der Waals surface area (Å²) in [6, 6.07) is 6.51. The lowest BCUT2D eigenvalue weighted by Crippen LogP contribution is -2.49. The van der Waals surface area contributed by atoms with Gasteiger partial charge in [0, 0.05) is 29.1 Å². The molecule has 0 saturated carbocycles. The lowest BCUT2D eigenvalue weighted by atomic mass is 9.70. The molecule has 3 atom stereocenters. The Hall–Kier alpha value is -1.81. The molecule has 2 aliphatic rings. The molecule has 1 aliphatic heterocycles. The van der Waals surface area contributed by atoms with Crippen LogP contribution in [0.5, 0.6) is 0 Å². The summed E-state index contributed by atoms with van der Waals surface area (Å²) in [4.78, 5) is 15.2. The minimum absolute atomic E-state index is 0.153. The number of aromatic nitrogens is 1. The highest BCUT2D eigenvalue weighted by atomic mass is 16.1. The van der Waals surface area contributed by atoms with Crippen molar-refractivity contribution >= 4 is 16.8 Å². The Labute approximate surface area is 111 Å². The Kier molecular flexibility index (Phi) is 2.23. The first-order chi connectivity index (χ1) is 9.27. The maximum Gasteiger partial charge on any atom is 0.226 e. The van der Waals surface area contributed by atoms with Crippen molar-refractivity contribution in [2.45, 2.75) is 30.7 Å². The zero-order chi connectivity index (χ0) is 13.0. The molecule has 1 aromatic carbocycles. The summed E-state index contributed by atoms with van der Waals surface area (Å²) < 4.78 is 0. The molecule has 4 N–H and O–H groups in total. The number of carbonyl (C=O) groups excluding carboxylic acids is 1. The van der Waals surface area contributed by atoms with Crippen molar-refractivity contribution in [1.29, 1.82) is 0 Å². The van der Waals surface area contributed by atoms with Crippen molar-refractivity contribution in [3.63, 3.8) is 0 Å². The zero-order valence-corrected chi connectivity index (χ0v) is 10.6. The second-order valence-corrected chi connectivity index (χ2v) is 5.62. The van der Waals surface area contributed by atoms with Gasteiger partial charge in [0.1, 0.15) is 0 Å². The van der Waals surface area contributed by atoms with Gasteiger partial charge in [-0.1, -0.05) is 12.1 Å². The first-order valence-corrected chi connectivity index (χ1v) is 6.90. The Morgan fingerprint density at radius 2 is 2.21 bits per heavy atom. The van der Waals surface area contributed by atoms with Crippen molar-refractivity contribution in [3.8, 4) is 0 Å². The quantitative estimate of drug-likeness (QED) is 0.724. The predicted molar refractivity (Wildman–Crippen MR) is 74.0 cm³/mol. The van der Waals surface area contributed by atoms with E-state index in [9.17, 15) is 4.79 Å². The van der Waals surface area contributed by atoms with Crippen molar-refractivity contribution < 1.29 is 4.79 Å². The highest BCUT2D eigenvalue weighted by molar-refractivity contribution is 5.95. The molecule has 0 spiro atoms. The van der Waals surface area contributed by atoms with E-state index in [-0.39, 0.29) is 17.9 Å². The fourth-order valence-corrected chi connectivity index (χ4v) is 3.93. The van der Waals surface area contributed by atoms with Crippen LogP contribution in [0.15, 0.2) is 24.4 Å². The van der Waals surface area contributed by atoms with Gasteiger partial charge >= 0.3 is 0 Å². The normalized spacial score (nSPS) is 29.2. The number of rotatable bonds is 1. The summed E-state index contributed by atoms with van der Waals surface area (Å²) in [6.45, 7) is 0.973. The Bertz CT molecular complexity index is 660. The molecule has 19 heavy (non-hydrogen) atoms. The van der Waals surface area contributed by atoms with Gasteiger partial charge in [-0.25, -0.2) is 0 Å². The molecular weight excluding hydrogens is 238 g/mol. The van der Waals surface area contributed by atoms with E-state index in [1.54, 1.807) is 0 Å². The van der Waals surface area contributed by atoms with E-state index in [1.165, 1.54) is 10.9 Å². The molecule has 0 radical (unpaired) electrons. The van der Waals surface area contributed by atoms with Crippen molar-refractivity contribution in [2.75, 3.05) is 6.54 Å². The van der Waals surface area contributed by atoms with Gasteiger partial charge in [-0.15, -0.1) is 0 Å².